The summed E-state index contributed by atoms with van der Waals surface area (Å²) in [7, 11) is 0. The predicted octanol–water partition coefficient (Wildman–Crippen LogP) is 1.98. The number of hydrogen-bond acceptors (Lipinski definition) is 4. The van der Waals surface area contributed by atoms with Crippen molar-refractivity contribution >= 4 is 29.7 Å². The number of nitrogens with zero attached hydrogens (tertiary/aromatic N) is 1. The third-order valence-corrected chi connectivity index (χ3v) is 4.61. The highest BCUT2D eigenvalue weighted by molar-refractivity contribution is 7.09. The summed E-state index contributed by atoms with van der Waals surface area (Å²) in [4.78, 5) is 16.5. The minimum atomic E-state index is -0.00155. The highest BCUT2D eigenvalue weighted by Crippen LogP contribution is 2.44. The molecule has 0 bridgehead atoms. The first-order chi connectivity index (χ1) is 8.78. The van der Waals surface area contributed by atoms with Gasteiger partial charge in [-0.1, -0.05) is 0 Å². The molecule has 0 atom stereocenters. The highest BCUT2D eigenvalue weighted by atomic mass is 35.5. The molecule has 106 valence electrons. The Bertz CT molecular complexity index is 431. The number of carbonyl (C=O) groups is 1. The number of nitrogens with two attached hydrogens (primary N) is 1. The summed E-state index contributed by atoms with van der Waals surface area (Å²) in [5.74, 6) is 1.45. The molecule has 3 rings (SSSR count). The van der Waals surface area contributed by atoms with Crippen LogP contribution < -0.4 is 11.1 Å². The van der Waals surface area contributed by atoms with E-state index in [9.17, 15) is 4.79 Å². The van der Waals surface area contributed by atoms with Crippen molar-refractivity contribution in [2.45, 2.75) is 38.1 Å². The number of hydrogen-bond donors (Lipinski definition) is 2. The van der Waals surface area contributed by atoms with E-state index in [1.807, 2.05) is 5.38 Å². The maximum atomic E-state index is 12.1. The Hall–Kier alpha value is -0.650. The van der Waals surface area contributed by atoms with Crippen LogP contribution in [0, 0.1) is 11.8 Å². The van der Waals surface area contributed by atoms with Crippen molar-refractivity contribution in [3.8, 4) is 0 Å². The van der Waals surface area contributed by atoms with Crippen LogP contribution in [0.15, 0.2) is 5.38 Å². The molecule has 0 spiro atoms. The molecule has 2 fully saturated rings. The first-order valence-electron chi connectivity index (χ1n) is 6.73. The van der Waals surface area contributed by atoms with Gasteiger partial charge in [-0.3, -0.25) is 4.79 Å². The van der Waals surface area contributed by atoms with E-state index >= 15 is 0 Å². The smallest absolute Gasteiger partial charge is 0.270 e. The maximum Gasteiger partial charge on any atom is 0.270 e. The molecular weight excluding hydrogens is 282 g/mol. The van der Waals surface area contributed by atoms with Crippen molar-refractivity contribution < 1.29 is 4.79 Å². The number of amides is 1. The largest absolute Gasteiger partial charge is 0.347 e. The van der Waals surface area contributed by atoms with Crippen molar-refractivity contribution in [2.24, 2.45) is 17.6 Å². The lowest BCUT2D eigenvalue weighted by molar-refractivity contribution is 0.0922. The first-order valence-corrected chi connectivity index (χ1v) is 7.61. The van der Waals surface area contributed by atoms with Gasteiger partial charge >= 0.3 is 0 Å². The van der Waals surface area contributed by atoms with Gasteiger partial charge < -0.3 is 11.1 Å². The van der Waals surface area contributed by atoms with Crippen LogP contribution in [0.4, 0.5) is 0 Å². The van der Waals surface area contributed by atoms with Crippen LogP contribution in [0.5, 0.6) is 0 Å². The molecule has 2 aliphatic rings. The second-order valence-electron chi connectivity index (χ2n) is 5.34. The standard InChI is InChI=1S/C13H19N3OS.ClH/c14-6-5-11-15-10(7-18-11)13(17)16-12(8-1-2-8)9-3-4-9;/h7-9,12H,1-6,14H2,(H,16,17);1H. The second kappa shape index (κ2) is 6.20. The quantitative estimate of drug-likeness (QED) is 0.844. The van der Waals surface area contributed by atoms with Crippen molar-refractivity contribution in [3.05, 3.63) is 16.1 Å². The molecule has 1 aromatic rings. The van der Waals surface area contributed by atoms with Gasteiger partial charge in [0, 0.05) is 17.8 Å². The number of aromatic nitrogens is 1. The fraction of sp³-hybridized carbons (Fsp3) is 0.692. The maximum absolute atomic E-state index is 12.1. The van der Waals surface area contributed by atoms with Crippen molar-refractivity contribution in [1.29, 1.82) is 0 Å². The second-order valence-corrected chi connectivity index (χ2v) is 6.28. The average Bonchev–Trinajstić information content (AvgIpc) is 3.26. The third kappa shape index (κ3) is 3.68. The van der Waals surface area contributed by atoms with Crippen LogP contribution in [0.3, 0.4) is 0 Å². The molecule has 0 saturated heterocycles. The number of thiazole rings is 1. The summed E-state index contributed by atoms with van der Waals surface area (Å²) in [6, 6.07) is 0.400. The third-order valence-electron chi connectivity index (χ3n) is 3.70. The van der Waals surface area contributed by atoms with Crippen LogP contribution in [0.2, 0.25) is 0 Å². The van der Waals surface area contributed by atoms with Gasteiger partial charge in [0.2, 0.25) is 0 Å². The Labute approximate surface area is 123 Å². The van der Waals surface area contributed by atoms with E-state index in [1.165, 1.54) is 37.0 Å². The SMILES string of the molecule is Cl.NCCc1nc(C(=O)NC(C2CC2)C2CC2)cs1. The van der Waals surface area contributed by atoms with Gasteiger partial charge in [0.1, 0.15) is 5.69 Å². The predicted molar refractivity (Wildman–Crippen MR) is 78.8 cm³/mol. The molecule has 0 unspecified atom stereocenters. The van der Waals surface area contributed by atoms with Crippen LogP contribution in [0.25, 0.3) is 0 Å². The average molecular weight is 302 g/mol. The molecule has 1 amide bonds. The van der Waals surface area contributed by atoms with Crippen LogP contribution in [-0.4, -0.2) is 23.5 Å². The number of halogens is 1. The van der Waals surface area contributed by atoms with Gasteiger partial charge in [-0.15, -0.1) is 23.7 Å². The molecule has 0 radical (unpaired) electrons. The highest BCUT2D eigenvalue weighted by Gasteiger charge is 2.42. The Morgan fingerprint density at radius 2 is 2.05 bits per heavy atom. The fourth-order valence-corrected chi connectivity index (χ4v) is 3.20. The number of rotatable bonds is 6. The zero-order valence-electron chi connectivity index (χ0n) is 10.8. The van der Waals surface area contributed by atoms with Crippen LogP contribution in [0.1, 0.15) is 41.2 Å². The van der Waals surface area contributed by atoms with Gasteiger partial charge in [-0.25, -0.2) is 4.98 Å². The summed E-state index contributed by atoms with van der Waals surface area (Å²) in [6.45, 7) is 0.585. The van der Waals surface area contributed by atoms with E-state index in [-0.39, 0.29) is 18.3 Å². The van der Waals surface area contributed by atoms with E-state index < -0.39 is 0 Å². The molecule has 4 nitrogen and oxygen atoms in total. The molecule has 19 heavy (non-hydrogen) atoms. The number of carbonyl (C=O) groups excluding carboxylic acids is 1. The number of nitrogens with one attached hydrogen (secondary N) is 1. The topological polar surface area (TPSA) is 68.0 Å². The Morgan fingerprint density at radius 3 is 2.58 bits per heavy atom. The Kier molecular flexibility index (Phi) is 4.81. The van der Waals surface area contributed by atoms with Gasteiger partial charge in [-0.05, 0) is 44.1 Å². The lowest BCUT2D eigenvalue weighted by Gasteiger charge is -2.16. The summed E-state index contributed by atoms with van der Waals surface area (Å²) in [5, 5.41) is 5.99. The van der Waals surface area contributed by atoms with Crippen LogP contribution >= 0.6 is 23.7 Å². The molecule has 0 aromatic carbocycles. The van der Waals surface area contributed by atoms with Gasteiger partial charge in [0.15, 0.2) is 0 Å². The van der Waals surface area contributed by atoms with Crippen molar-refractivity contribution in [2.75, 3.05) is 6.54 Å². The minimum absolute atomic E-state index is 0. The zero-order valence-corrected chi connectivity index (χ0v) is 12.4. The van der Waals surface area contributed by atoms with Crippen molar-refractivity contribution in [3.63, 3.8) is 0 Å². The van der Waals surface area contributed by atoms with Crippen molar-refractivity contribution in [1.82, 2.24) is 10.3 Å². The van der Waals surface area contributed by atoms with Gasteiger partial charge in [-0.2, -0.15) is 0 Å². The lowest BCUT2D eigenvalue weighted by atomic mass is 10.1. The van der Waals surface area contributed by atoms with Gasteiger partial charge in [0.25, 0.3) is 5.91 Å². The molecule has 0 aliphatic heterocycles. The summed E-state index contributed by atoms with van der Waals surface area (Å²) in [6.07, 6.45) is 5.86. The normalized spacial score (nSPS) is 18.2. The van der Waals surface area contributed by atoms with Gasteiger partial charge in [0.05, 0.1) is 5.01 Å². The zero-order chi connectivity index (χ0) is 12.5. The van der Waals surface area contributed by atoms with Crippen LogP contribution in [-0.2, 0) is 6.42 Å². The van der Waals surface area contributed by atoms with E-state index in [0.717, 1.165) is 23.3 Å². The van der Waals surface area contributed by atoms with E-state index in [0.29, 0.717) is 18.3 Å². The monoisotopic (exact) mass is 301 g/mol. The lowest BCUT2D eigenvalue weighted by Crippen LogP contribution is -2.38. The molecular formula is C13H20ClN3OS. The molecule has 6 heteroatoms. The van der Waals surface area contributed by atoms with E-state index in [1.54, 1.807) is 0 Å². The molecule has 1 aromatic heterocycles. The van der Waals surface area contributed by atoms with E-state index in [4.69, 9.17) is 5.73 Å². The summed E-state index contributed by atoms with van der Waals surface area (Å²) < 4.78 is 0. The molecule has 1 heterocycles. The molecule has 2 aliphatic carbocycles. The summed E-state index contributed by atoms with van der Waals surface area (Å²) >= 11 is 1.53. The minimum Gasteiger partial charge on any atom is -0.347 e. The Balaban J connectivity index is 0.00000133. The fourth-order valence-electron chi connectivity index (χ4n) is 2.41. The van der Waals surface area contributed by atoms with E-state index in [2.05, 4.69) is 10.3 Å². The first kappa shape index (κ1) is 14.8. The Morgan fingerprint density at radius 1 is 1.42 bits per heavy atom. The molecule has 2 saturated carbocycles. The molecule has 3 N–H and O–H groups in total. The summed E-state index contributed by atoms with van der Waals surface area (Å²) in [5.41, 5.74) is 6.05.